The number of hydrogen-bond acceptors (Lipinski definition) is 4. The molecule has 0 saturated carbocycles. The third kappa shape index (κ3) is 1.70. The molecule has 1 unspecified atom stereocenters. The topological polar surface area (TPSA) is 70.2 Å². The van der Waals surface area contributed by atoms with Crippen LogP contribution in [0.4, 0.5) is 11.4 Å². The molecule has 1 aliphatic rings. The highest BCUT2D eigenvalue weighted by atomic mass is 16.6. The molecule has 5 nitrogen and oxygen atoms in total. The summed E-state index contributed by atoms with van der Waals surface area (Å²) in [6, 6.07) is 8.52. The standard InChI is InChI=1S/C11H11N3O2/c12-8-9-4-3-7-13(9)10-5-1-2-6-11(10)14(15)16/h1-2,5-6,9H,3-4,7H2. The Morgan fingerprint density at radius 3 is 2.94 bits per heavy atom. The molecule has 1 fully saturated rings. The van der Waals surface area contributed by atoms with E-state index in [2.05, 4.69) is 6.07 Å². The molecule has 16 heavy (non-hydrogen) atoms. The Labute approximate surface area is 93.1 Å². The van der Waals surface area contributed by atoms with Gasteiger partial charge in [0.05, 0.1) is 11.0 Å². The quantitative estimate of drug-likeness (QED) is 0.561. The lowest BCUT2D eigenvalue weighted by Crippen LogP contribution is -2.28. The van der Waals surface area contributed by atoms with Gasteiger partial charge in [-0.2, -0.15) is 5.26 Å². The fourth-order valence-corrected chi connectivity index (χ4v) is 2.05. The molecule has 0 spiro atoms. The minimum atomic E-state index is -0.401. The number of nitrogens with zero attached hydrogens (tertiary/aromatic N) is 3. The van der Waals surface area contributed by atoms with Crippen molar-refractivity contribution in [2.75, 3.05) is 11.4 Å². The van der Waals surface area contributed by atoms with Gasteiger partial charge in [0.1, 0.15) is 11.7 Å². The first kappa shape index (κ1) is 10.4. The van der Waals surface area contributed by atoms with Gasteiger partial charge in [0.15, 0.2) is 0 Å². The predicted octanol–water partition coefficient (Wildman–Crippen LogP) is 2.09. The third-order valence-electron chi connectivity index (χ3n) is 2.79. The number of nitro groups is 1. The summed E-state index contributed by atoms with van der Waals surface area (Å²) in [4.78, 5) is 12.3. The molecule has 1 saturated heterocycles. The number of nitro benzene ring substituents is 1. The average Bonchev–Trinajstić information content (AvgIpc) is 2.76. The van der Waals surface area contributed by atoms with E-state index in [4.69, 9.17) is 5.26 Å². The van der Waals surface area contributed by atoms with E-state index in [1.54, 1.807) is 18.2 Å². The minimum Gasteiger partial charge on any atom is -0.350 e. The summed E-state index contributed by atoms with van der Waals surface area (Å²) in [5, 5.41) is 19.8. The van der Waals surface area contributed by atoms with Gasteiger partial charge in [-0.15, -0.1) is 0 Å². The number of rotatable bonds is 2. The second-order valence-electron chi connectivity index (χ2n) is 3.73. The van der Waals surface area contributed by atoms with Crippen LogP contribution in [-0.4, -0.2) is 17.5 Å². The van der Waals surface area contributed by atoms with E-state index in [9.17, 15) is 10.1 Å². The fraction of sp³-hybridized carbons (Fsp3) is 0.364. The van der Waals surface area contributed by atoms with Crippen LogP contribution in [-0.2, 0) is 0 Å². The van der Waals surface area contributed by atoms with Crippen LogP contribution in [0.2, 0.25) is 0 Å². The van der Waals surface area contributed by atoms with Gasteiger partial charge < -0.3 is 4.90 Å². The molecule has 1 heterocycles. The Hall–Kier alpha value is -2.09. The molecule has 1 atom stereocenters. The van der Waals surface area contributed by atoms with Gasteiger partial charge in [0.25, 0.3) is 5.69 Å². The van der Waals surface area contributed by atoms with Crippen LogP contribution in [0.25, 0.3) is 0 Å². The van der Waals surface area contributed by atoms with E-state index >= 15 is 0 Å². The molecule has 0 radical (unpaired) electrons. The molecule has 82 valence electrons. The van der Waals surface area contributed by atoms with Crippen LogP contribution in [0, 0.1) is 21.4 Å². The van der Waals surface area contributed by atoms with Crippen molar-refractivity contribution in [3.8, 4) is 6.07 Å². The van der Waals surface area contributed by atoms with E-state index in [-0.39, 0.29) is 11.7 Å². The number of nitriles is 1. The molecule has 1 aliphatic heterocycles. The number of anilines is 1. The largest absolute Gasteiger partial charge is 0.350 e. The Morgan fingerprint density at radius 1 is 1.50 bits per heavy atom. The average molecular weight is 217 g/mol. The summed E-state index contributed by atoms with van der Waals surface area (Å²) < 4.78 is 0. The zero-order valence-corrected chi connectivity index (χ0v) is 8.67. The molecule has 5 heteroatoms. The zero-order chi connectivity index (χ0) is 11.5. The Bertz CT molecular complexity index is 453. The van der Waals surface area contributed by atoms with Crippen molar-refractivity contribution in [3.63, 3.8) is 0 Å². The van der Waals surface area contributed by atoms with E-state index in [0.717, 1.165) is 12.8 Å². The highest BCUT2D eigenvalue weighted by molar-refractivity contribution is 5.64. The highest BCUT2D eigenvalue weighted by Crippen LogP contribution is 2.32. The van der Waals surface area contributed by atoms with Gasteiger partial charge in [0.2, 0.25) is 0 Å². The lowest BCUT2D eigenvalue weighted by atomic mass is 10.2. The number of para-hydroxylation sites is 2. The van der Waals surface area contributed by atoms with Crippen molar-refractivity contribution in [1.82, 2.24) is 0 Å². The van der Waals surface area contributed by atoms with E-state index in [1.807, 2.05) is 4.90 Å². The second kappa shape index (κ2) is 4.19. The molecule has 0 bridgehead atoms. The van der Waals surface area contributed by atoms with Crippen molar-refractivity contribution >= 4 is 11.4 Å². The van der Waals surface area contributed by atoms with Gasteiger partial charge in [-0.05, 0) is 18.9 Å². The molecule has 0 amide bonds. The summed E-state index contributed by atoms with van der Waals surface area (Å²) in [7, 11) is 0. The van der Waals surface area contributed by atoms with Gasteiger partial charge in [-0.3, -0.25) is 10.1 Å². The van der Waals surface area contributed by atoms with E-state index < -0.39 is 4.92 Å². The summed E-state index contributed by atoms with van der Waals surface area (Å²) in [6.07, 6.45) is 1.69. The van der Waals surface area contributed by atoms with Crippen LogP contribution in [0.15, 0.2) is 24.3 Å². The van der Waals surface area contributed by atoms with E-state index in [1.165, 1.54) is 6.07 Å². The second-order valence-corrected chi connectivity index (χ2v) is 3.73. The summed E-state index contributed by atoms with van der Waals surface area (Å²) >= 11 is 0. The van der Waals surface area contributed by atoms with Crippen LogP contribution < -0.4 is 4.90 Å². The molecule has 1 aromatic carbocycles. The number of hydrogen-bond donors (Lipinski definition) is 0. The number of benzene rings is 1. The molecular weight excluding hydrogens is 206 g/mol. The van der Waals surface area contributed by atoms with Gasteiger partial charge in [0, 0.05) is 12.6 Å². The monoisotopic (exact) mass is 217 g/mol. The lowest BCUT2D eigenvalue weighted by Gasteiger charge is -2.21. The third-order valence-corrected chi connectivity index (χ3v) is 2.79. The van der Waals surface area contributed by atoms with Crippen LogP contribution >= 0.6 is 0 Å². The molecule has 1 aromatic rings. The Kier molecular flexibility index (Phi) is 2.73. The summed E-state index contributed by atoms with van der Waals surface area (Å²) in [5.41, 5.74) is 0.626. The Balaban J connectivity index is 2.40. The molecular formula is C11H11N3O2. The smallest absolute Gasteiger partial charge is 0.292 e. The van der Waals surface area contributed by atoms with Crippen molar-refractivity contribution in [1.29, 1.82) is 5.26 Å². The predicted molar refractivity (Wildman–Crippen MR) is 59.1 cm³/mol. The van der Waals surface area contributed by atoms with Crippen molar-refractivity contribution in [2.24, 2.45) is 0 Å². The van der Waals surface area contributed by atoms with Crippen LogP contribution in [0.1, 0.15) is 12.8 Å². The van der Waals surface area contributed by atoms with Crippen molar-refractivity contribution in [3.05, 3.63) is 34.4 Å². The van der Waals surface area contributed by atoms with Crippen molar-refractivity contribution < 1.29 is 4.92 Å². The van der Waals surface area contributed by atoms with E-state index in [0.29, 0.717) is 12.2 Å². The lowest BCUT2D eigenvalue weighted by molar-refractivity contribution is -0.384. The first-order valence-corrected chi connectivity index (χ1v) is 5.13. The SMILES string of the molecule is N#CC1CCCN1c1ccccc1[N+](=O)[O-]. The normalized spacial score (nSPS) is 19.4. The maximum absolute atomic E-state index is 10.9. The molecule has 2 rings (SSSR count). The van der Waals surface area contributed by atoms with Gasteiger partial charge in [-0.25, -0.2) is 0 Å². The highest BCUT2D eigenvalue weighted by Gasteiger charge is 2.28. The zero-order valence-electron chi connectivity index (χ0n) is 8.67. The summed E-state index contributed by atoms with van der Waals surface area (Å²) in [6.45, 7) is 0.711. The first-order chi connectivity index (χ1) is 7.74. The Morgan fingerprint density at radius 2 is 2.25 bits per heavy atom. The van der Waals surface area contributed by atoms with Crippen LogP contribution in [0.3, 0.4) is 0 Å². The van der Waals surface area contributed by atoms with Gasteiger partial charge >= 0.3 is 0 Å². The first-order valence-electron chi connectivity index (χ1n) is 5.13. The molecule has 0 aromatic heterocycles. The summed E-state index contributed by atoms with van der Waals surface area (Å²) in [5.74, 6) is 0. The molecule has 0 aliphatic carbocycles. The maximum Gasteiger partial charge on any atom is 0.292 e. The minimum absolute atomic E-state index is 0.0738. The van der Waals surface area contributed by atoms with Crippen LogP contribution in [0.5, 0.6) is 0 Å². The molecule has 0 N–H and O–H groups in total. The van der Waals surface area contributed by atoms with Gasteiger partial charge in [-0.1, -0.05) is 12.1 Å². The maximum atomic E-state index is 10.9. The fourth-order valence-electron chi connectivity index (χ4n) is 2.05. The van der Waals surface area contributed by atoms with Crippen molar-refractivity contribution in [2.45, 2.75) is 18.9 Å².